The molecule has 1 aromatic carbocycles. The number of urea groups is 1. The fourth-order valence-corrected chi connectivity index (χ4v) is 5.53. The molecule has 0 aliphatic carbocycles. The van der Waals surface area contributed by atoms with E-state index in [-0.39, 0.29) is 11.4 Å². The number of aromatic nitrogens is 4. The van der Waals surface area contributed by atoms with Crippen LogP contribution in [-0.2, 0) is 30.0 Å². The number of carbonyl (C=O) groups is 1. The molecule has 3 aliphatic rings. The van der Waals surface area contributed by atoms with E-state index >= 15 is 0 Å². The minimum Gasteiger partial charge on any atom is -0.480 e. The maximum atomic E-state index is 13.8. The lowest BCUT2D eigenvalue weighted by molar-refractivity contribution is -0.0610. The first-order chi connectivity index (χ1) is 18.9. The Kier molecular flexibility index (Phi) is 6.21. The Labute approximate surface area is 224 Å². The van der Waals surface area contributed by atoms with Crippen LogP contribution in [0.15, 0.2) is 42.9 Å². The van der Waals surface area contributed by atoms with Gasteiger partial charge in [-0.15, -0.1) is 10.2 Å². The first-order valence-corrected chi connectivity index (χ1v) is 13.4. The van der Waals surface area contributed by atoms with Gasteiger partial charge in [0.2, 0.25) is 0 Å². The van der Waals surface area contributed by atoms with Crippen molar-refractivity contribution in [3.05, 3.63) is 59.8 Å². The van der Waals surface area contributed by atoms with Gasteiger partial charge in [-0.3, -0.25) is 4.90 Å². The third-order valence-corrected chi connectivity index (χ3v) is 7.89. The first kappa shape index (κ1) is 23.6. The fraction of sp³-hybridized carbons (Fsp3) is 0.500. The van der Waals surface area contributed by atoms with E-state index in [9.17, 15) is 4.79 Å². The molecule has 0 radical (unpaired) electrons. The highest BCUT2D eigenvalue weighted by Crippen LogP contribution is 2.40. The Morgan fingerprint density at radius 3 is 2.92 bits per heavy atom. The summed E-state index contributed by atoms with van der Waals surface area (Å²) in [6.45, 7) is 4.72. The molecule has 200 valence electrons. The molecule has 5 heterocycles. The Balaban J connectivity index is 1.25. The largest absolute Gasteiger partial charge is 0.480 e. The zero-order chi connectivity index (χ0) is 27.0. The second-order valence-electron chi connectivity index (χ2n) is 10.8. The van der Waals surface area contributed by atoms with Gasteiger partial charge in [0.15, 0.2) is 11.6 Å². The smallest absolute Gasteiger partial charge is 0.327 e. The van der Waals surface area contributed by atoms with E-state index in [2.05, 4.69) is 33.5 Å². The van der Waals surface area contributed by atoms with Gasteiger partial charge in [0.1, 0.15) is 19.2 Å². The van der Waals surface area contributed by atoms with Crippen LogP contribution >= 0.6 is 0 Å². The molecule has 2 fully saturated rings. The lowest BCUT2D eigenvalue weighted by Gasteiger charge is -2.42. The van der Waals surface area contributed by atoms with Gasteiger partial charge >= 0.3 is 6.03 Å². The third kappa shape index (κ3) is 4.63. The maximum absolute atomic E-state index is 13.8. The number of nitrogens with zero attached hydrogens (tertiary/aromatic N) is 5. The molecule has 10 heteroatoms. The number of benzene rings is 1. The molecule has 2 N–H and O–H groups in total. The van der Waals surface area contributed by atoms with Crippen molar-refractivity contribution >= 4 is 17.5 Å². The lowest BCUT2D eigenvalue weighted by Crippen LogP contribution is -2.55. The van der Waals surface area contributed by atoms with Gasteiger partial charge in [0, 0.05) is 43.7 Å². The second kappa shape index (κ2) is 9.99. The van der Waals surface area contributed by atoms with Crippen molar-refractivity contribution in [2.75, 3.05) is 43.1 Å². The molecule has 1 unspecified atom stereocenters. The number of nitrogens with one attached hydrogen (secondary N) is 2. The maximum Gasteiger partial charge on any atom is 0.327 e. The van der Waals surface area contributed by atoms with Gasteiger partial charge in [0.25, 0.3) is 0 Å². The van der Waals surface area contributed by atoms with E-state index in [1.807, 2.05) is 42.1 Å². The van der Waals surface area contributed by atoms with Crippen molar-refractivity contribution in [3.63, 3.8) is 0 Å². The van der Waals surface area contributed by atoms with Crippen LogP contribution in [-0.4, -0.2) is 64.2 Å². The molecule has 2 aromatic heterocycles. The summed E-state index contributed by atoms with van der Waals surface area (Å²) in [5.74, 6) is 2.03. The van der Waals surface area contributed by atoms with Gasteiger partial charge in [-0.1, -0.05) is 25.5 Å². The fourth-order valence-electron chi connectivity index (χ4n) is 5.53. The van der Waals surface area contributed by atoms with E-state index in [1.165, 1.54) is 5.31 Å². The van der Waals surface area contributed by atoms with Crippen molar-refractivity contribution in [1.82, 2.24) is 25.1 Å². The minimum absolute atomic E-state index is 0.213. The van der Waals surface area contributed by atoms with Crippen LogP contribution in [0, 0.1) is 0 Å². The Morgan fingerprint density at radius 2 is 2.21 bits per heavy atom. The van der Waals surface area contributed by atoms with Crippen LogP contribution < -0.4 is 20.3 Å². The highest BCUT2D eigenvalue weighted by Gasteiger charge is 2.45. The number of hydrogen-bond acceptors (Lipinski definition) is 7. The number of unbranched alkanes of at least 4 members (excludes halogenated alkanes) is 1. The van der Waals surface area contributed by atoms with Crippen LogP contribution in [0.2, 0.25) is 1.41 Å². The summed E-state index contributed by atoms with van der Waals surface area (Å²) in [7, 11) is 1.94. The zero-order valence-corrected chi connectivity index (χ0v) is 22.0. The van der Waals surface area contributed by atoms with Gasteiger partial charge in [-0.2, -0.15) is 0 Å². The predicted molar refractivity (Wildman–Crippen MR) is 144 cm³/mol. The number of rotatable bonds is 7. The number of hydrogen-bond donors (Lipinski definition) is 2. The number of aryl methyl sites for hydroxylation is 2. The quantitative estimate of drug-likeness (QED) is 0.495. The number of amides is 2. The molecule has 10 nitrogen and oxygen atoms in total. The number of ether oxygens (including phenoxy) is 2. The molecule has 2 amide bonds. The van der Waals surface area contributed by atoms with Crippen molar-refractivity contribution in [2.45, 2.75) is 50.0 Å². The highest BCUT2D eigenvalue weighted by molar-refractivity contribution is 6.02. The van der Waals surface area contributed by atoms with Crippen LogP contribution in [0.3, 0.4) is 0 Å². The number of anilines is 2. The summed E-state index contributed by atoms with van der Waals surface area (Å²) < 4.78 is 22.2. The summed E-state index contributed by atoms with van der Waals surface area (Å²) in [5.41, 5.74) is 2.05. The standard InChI is InChI=1S/C28H35N7O3/c1-3-4-6-20-11-23-25(30-14-20)35(16-28(38-23)9-10-29-15-28)26(36)32-22-8-5-7-21(12-22)27(17-37-18-27)13-24-33-31-19-34(24)2/h5,7-8,11-12,14,19,29H,3-4,6,9-10,13,15-18H2,1-2H3,(H,32,36)/i/hD. The van der Waals surface area contributed by atoms with Crippen LogP contribution in [0.1, 0.15) is 43.1 Å². The van der Waals surface area contributed by atoms with Crippen LogP contribution in [0.25, 0.3) is 0 Å². The molecule has 1 atom stereocenters. The Bertz CT molecular complexity index is 1360. The van der Waals surface area contributed by atoms with E-state index in [0.717, 1.165) is 36.2 Å². The average Bonchev–Trinajstić information content (AvgIpc) is 3.48. The van der Waals surface area contributed by atoms with Crippen molar-refractivity contribution in [1.29, 1.82) is 0 Å². The Hall–Kier alpha value is -3.50. The third-order valence-electron chi connectivity index (χ3n) is 7.89. The predicted octanol–water partition coefficient (Wildman–Crippen LogP) is 3.23. The summed E-state index contributed by atoms with van der Waals surface area (Å²) in [6, 6.07) is 9.71. The van der Waals surface area contributed by atoms with Gasteiger partial charge < -0.3 is 24.7 Å². The van der Waals surface area contributed by atoms with E-state index in [1.54, 1.807) is 11.2 Å². The number of carbonyl (C=O) groups excluding carboxylic acids is 1. The Morgan fingerprint density at radius 1 is 1.32 bits per heavy atom. The monoisotopic (exact) mass is 518 g/mol. The molecule has 38 heavy (non-hydrogen) atoms. The van der Waals surface area contributed by atoms with E-state index in [0.29, 0.717) is 62.9 Å². The molecule has 3 aromatic rings. The molecular weight excluding hydrogens is 482 g/mol. The normalized spacial score (nSPS) is 22.5. The van der Waals surface area contributed by atoms with Crippen LogP contribution in [0.5, 0.6) is 5.75 Å². The molecular formula is C28H35N7O3. The molecule has 3 aliphatic heterocycles. The molecule has 1 spiro atoms. The van der Waals surface area contributed by atoms with Crippen molar-refractivity contribution in [2.24, 2.45) is 7.05 Å². The lowest BCUT2D eigenvalue weighted by atomic mass is 9.75. The second-order valence-corrected chi connectivity index (χ2v) is 10.8. The first-order valence-electron chi connectivity index (χ1n) is 13.8. The van der Waals surface area contributed by atoms with Crippen molar-refractivity contribution in [3.8, 4) is 5.75 Å². The minimum atomic E-state index is -0.623. The molecule has 2 saturated heterocycles. The summed E-state index contributed by atoms with van der Waals surface area (Å²) in [5, 5.41) is 12.9. The summed E-state index contributed by atoms with van der Waals surface area (Å²) in [6.07, 6.45) is 8.00. The average molecular weight is 519 g/mol. The number of pyridine rings is 1. The summed E-state index contributed by atoms with van der Waals surface area (Å²) in [4.78, 5) is 20.1. The van der Waals surface area contributed by atoms with E-state index in [4.69, 9.17) is 10.9 Å². The van der Waals surface area contributed by atoms with Gasteiger partial charge in [-0.25, -0.2) is 9.78 Å². The molecule has 6 rings (SSSR count). The van der Waals surface area contributed by atoms with Gasteiger partial charge in [-0.05, 0) is 48.7 Å². The zero-order valence-electron chi connectivity index (χ0n) is 23.0. The SMILES string of the molecule is [2H]N1CCC2(C1)CN(C(=O)Nc1cccc(C3(Cc4nncn4C)COC3)c1)c1ncc(CCCC)cc1O2. The summed E-state index contributed by atoms with van der Waals surface area (Å²) >= 11 is 0. The van der Waals surface area contributed by atoms with Gasteiger partial charge in [0.05, 0.1) is 19.8 Å². The van der Waals surface area contributed by atoms with Crippen LogP contribution in [0.4, 0.5) is 16.3 Å². The highest BCUT2D eigenvalue weighted by atomic mass is 16.5. The molecule has 0 saturated carbocycles. The topological polar surface area (TPSA) is 106 Å². The van der Waals surface area contributed by atoms with E-state index < -0.39 is 5.60 Å². The number of fused-ring (bicyclic) bond motifs is 1. The molecule has 0 bridgehead atoms. The van der Waals surface area contributed by atoms with Crippen molar-refractivity contribution < 1.29 is 15.7 Å².